The minimum Gasteiger partial charge on any atom is -0.411 e. The van der Waals surface area contributed by atoms with Crippen molar-refractivity contribution in [2.75, 3.05) is 5.75 Å². The first-order valence-corrected chi connectivity index (χ1v) is 9.60. The van der Waals surface area contributed by atoms with Crippen molar-refractivity contribution in [3.8, 4) is 11.5 Å². The SMILES string of the molecule is Cc1ccc(-c2nnc(SCC(=O)c3cc(C)n(C(C)C)c3C)o2)cc1. The molecule has 0 unspecified atom stereocenters. The summed E-state index contributed by atoms with van der Waals surface area (Å²) in [5.41, 5.74) is 4.93. The molecular formula is C20H23N3O2S. The maximum atomic E-state index is 12.6. The lowest BCUT2D eigenvalue weighted by molar-refractivity contribution is 0.102. The van der Waals surface area contributed by atoms with Gasteiger partial charge in [0.2, 0.25) is 5.89 Å². The van der Waals surface area contributed by atoms with Gasteiger partial charge in [0.1, 0.15) is 0 Å². The van der Waals surface area contributed by atoms with Crippen molar-refractivity contribution < 1.29 is 9.21 Å². The van der Waals surface area contributed by atoms with Gasteiger partial charge in [-0.1, -0.05) is 29.5 Å². The van der Waals surface area contributed by atoms with E-state index in [1.165, 1.54) is 17.3 Å². The predicted molar refractivity (Wildman–Crippen MR) is 104 cm³/mol. The van der Waals surface area contributed by atoms with E-state index in [1.54, 1.807) is 0 Å². The summed E-state index contributed by atoms with van der Waals surface area (Å²) in [4.78, 5) is 12.6. The van der Waals surface area contributed by atoms with Gasteiger partial charge in [-0.3, -0.25) is 4.79 Å². The molecule has 0 fully saturated rings. The van der Waals surface area contributed by atoms with Gasteiger partial charge >= 0.3 is 0 Å². The lowest BCUT2D eigenvalue weighted by Gasteiger charge is -2.13. The molecule has 0 aliphatic heterocycles. The molecule has 0 spiro atoms. The Kier molecular flexibility index (Phi) is 5.32. The van der Waals surface area contributed by atoms with Crippen LogP contribution in [0.25, 0.3) is 11.5 Å². The van der Waals surface area contributed by atoms with E-state index in [0.717, 1.165) is 22.5 Å². The Balaban J connectivity index is 1.69. The van der Waals surface area contributed by atoms with Crippen LogP contribution >= 0.6 is 11.8 Å². The van der Waals surface area contributed by atoms with Crippen LogP contribution in [0.2, 0.25) is 0 Å². The Morgan fingerprint density at radius 3 is 2.46 bits per heavy atom. The number of carbonyl (C=O) groups excluding carboxylic acids is 1. The number of hydrogen-bond donors (Lipinski definition) is 0. The van der Waals surface area contributed by atoms with E-state index in [0.29, 0.717) is 17.2 Å². The second kappa shape index (κ2) is 7.50. The smallest absolute Gasteiger partial charge is 0.277 e. The molecule has 0 saturated carbocycles. The van der Waals surface area contributed by atoms with Crippen LogP contribution in [0.15, 0.2) is 40.0 Å². The third-order valence-corrected chi connectivity index (χ3v) is 5.15. The number of rotatable bonds is 6. The Labute approximate surface area is 157 Å². The number of carbonyl (C=O) groups is 1. The normalized spacial score (nSPS) is 11.3. The number of aryl methyl sites for hydroxylation is 2. The first kappa shape index (κ1) is 18.5. The molecule has 0 saturated heterocycles. The van der Waals surface area contributed by atoms with Gasteiger partial charge in [0.15, 0.2) is 5.78 Å². The molecule has 26 heavy (non-hydrogen) atoms. The number of thioether (sulfide) groups is 1. The molecule has 3 rings (SSSR count). The average molecular weight is 369 g/mol. The number of hydrogen-bond acceptors (Lipinski definition) is 5. The molecule has 0 atom stereocenters. The number of benzene rings is 1. The van der Waals surface area contributed by atoms with E-state index in [1.807, 2.05) is 51.1 Å². The highest BCUT2D eigenvalue weighted by Crippen LogP contribution is 2.26. The molecule has 0 aliphatic rings. The van der Waals surface area contributed by atoms with Crippen LogP contribution < -0.4 is 0 Å². The molecule has 6 heteroatoms. The van der Waals surface area contributed by atoms with Crippen LogP contribution in [0.5, 0.6) is 0 Å². The summed E-state index contributed by atoms with van der Waals surface area (Å²) in [5, 5.41) is 8.52. The van der Waals surface area contributed by atoms with Crippen LogP contribution in [0.3, 0.4) is 0 Å². The quantitative estimate of drug-likeness (QED) is 0.451. The summed E-state index contributed by atoms with van der Waals surface area (Å²) in [6, 6.07) is 10.2. The van der Waals surface area contributed by atoms with Crippen molar-refractivity contribution in [1.82, 2.24) is 14.8 Å². The molecule has 0 N–H and O–H groups in total. The molecule has 0 bridgehead atoms. The van der Waals surface area contributed by atoms with Gasteiger partial charge in [-0.25, -0.2) is 0 Å². The molecule has 136 valence electrons. The highest BCUT2D eigenvalue weighted by molar-refractivity contribution is 7.99. The molecule has 5 nitrogen and oxygen atoms in total. The predicted octanol–water partition coefficient (Wildman–Crippen LogP) is 5.02. The van der Waals surface area contributed by atoms with Crippen LogP contribution in [0.1, 0.15) is 47.2 Å². The fourth-order valence-electron chi connectivity index (χ4n) is 3.14. The van der Waals surface area contributed by atoms with Gasteiger partial charge in [-0.05, 0) is 52.8 Å². The summed E-state index contributed by atoms with van der Waals surface area (Å²) in [6.07, 6.45) is 0. The van der Waals surface area contributed by atoms with E-state index in [2.05, 4.69) is 28.6 Å². The molecule has 1 aromatic carbocycles. The Morgan fingerprint density at radius 2 is 1.85 bits per heavy atom. The third-order valence-electron chi connectivity index (χ3n) is 4.33. The minimum absolute atomic E-state index is 0.0742. The van der Waals surface area contributed by atoms with Gasteiger partial charge in [0.25, 0.3) is 5.22 Å². The topological polar surface area (TPSA) is 60.9 Å². The van der Waals surface area contributed by atoms with Gasteiger partial charge in [0.05, 0.1) is 5.75 Å². The van der Waals surface area contributed by atoms with E-state index in [-0.39, 0.29) is 11.5 Å². The summed E-state index contributed by atoms with van der Waals surface area (Å²) < 4.78 is 7.86. The minimum atomic E-state index is 0.0742. The number of aromatic nitrogens is 3. The Bertz CT molecular complexity index is 923. The number of ketones is 1. The molecular weight excluding hydrogens is 346 g/mol. The second-order valence-electron chi connectivity index (χ2n) is 6.70. The summed E-state index contributed by atoms with van der Waals surface area (Å²) >= 11 is 1.28. The lowest BCUT2D eigenvalue weighted by atomic mass is 10.1. The third kappa shape index (κ3) is 3.75. The van der Waals surface area contributed by atoms with Gasteiger partial charge in [0, 0.05) is 28.6 Å². The van der Waals surface area contributed by atoms with Crippen LogP contribution in [0, 0.1) is 20.8 Å². The second-order valence-corrected chi connectivity index (χ2v) is 7.63. The average Bonchev–Trinajstić information content (AvgIpc) is 3.18. The van der Waals surface area contributed by atoms with E-state index in [9.17, 15) is 4.79 Å². The van der Waals surface area contributed by atoms with Crippen molar-refractivity contribution in [2.24, 2.45) is 0 Å². The zero-order valence-electron chi connectivity index (χ0n) is 15.7. The summed E-state index contributed by atoms with van der Waals surface area (Å²) in [5.74, 6) is 0.820. The fraction of sp³-hybridized carbons (Fsp3) is 0.350. The standard InChI is InChI=1S/C20H23N3O2S/c1-12(2)23-14(4)10-17(15(23)5)18(24)11-26-20-22-21-19(25-20)16-8-6-13(3)7-9-16/h6-10,12H,11H2,1-5H3. The van der Waals surface area contributed by atoms with E-state index >= 15 is 0 Å². The fourth-order valence-corrected chi connectivity index (χ4v) is 3.79. The molecule has 2 aromatic heterocycles. The first-order valence-electron chi connectivity index (χ1n) is 8.61. The maximum absolute atomic E-state index is 12.6. The zero-order valence-corrected chi connectivity index (χ0v) is 16.6. The van der Waals surface area contributed by atoms with E-state index in [4.69, 9.17) is 4.42 Å². The number of nitrogens with zero attached hydrogens (tertiary/aromatic N) is 3. The maximum Gasteiger partial charge on any atom is 0.277 e. The van der Waals surface area contributed by atoms with Crippen molar-refractivity contribution in [2.45, 2.75) is 45.9 Å². The van der Waals surface area contributed by atoms with Crippen molar-refractivity contribution in [1.29, 1.82) is 0 Å². The Morgan fingerprint density at radius 1 is 1.15 bits per heavy atom. The largest absolute Gasteiger partial charge is 0.411 e. The highest BCUT2D eigenvalue weighted by Gasteiger charge is 2.18. The summed E-state index contributed by atoms with van der Waals surface area (Å²) in [7, 11) is 0. The summed E-state index contributed by atoms with van der Waals surface area (Å²) in [6.45, 7) is 10.3. The van der Waals surface area contributed by atoms with Gasteiger partial charge in [-0.2, -0.15) is 0 Å². The Hall–Kier alpha value is -2.34. The van der Waals surface area contributed by atoms with Crippen molar-refractivity contribution in [3.63, 3.8) is 0 Å². The van der Waals surface area contributed by atoms with Crippen LogP contribution in [-0.4, -0.2) is 26.3 Å². The number of Topliss-reactive ketones (excluding diaryl/α,β-unsaturated/α-hetero) is 1. The molecule has 3 aromatic rings. The zero-order chi connectivity index (χ0) is 18.8. The monoisotopic (exact) mass is 369 g/mol. The van der Waals surface area contributed by atoms with Crippen molar-refractivity contribution in [3.05, 3.63) is 52.8 Å². The van der Waals surface area contributed by atoms with Crippen LogP contribution in [-0.2, 0) is 0 Å². The highest BCUT2D eigenvalue weighted by atomic mass is 32.2. The molecule has 2 heterocycles. The first-order chi connectivity index (χ1) is 12.4. The van der Waals surface area contributed by atoms with Gasteiger partial charge in [-0.15, -0.1) is 10.2 Å². The van der Waals surface area contributed by atoms with Crippen molar-refractivity contribution >= 4 is 17.5 Å². The molecule has 0 radical (unpaired) electrons. The molecule has 0 amide bonds. The van der Waals surface area contributed by atoms with E-state index < -0.39 is 0 Å². The molecule has 0 aliphatic carbocycles. The van der Waals surface area contributed by atoms with Gasteiger partial charge < -0.3 is 8.98 Å². The van der Waals surface area contributed by atoms with Crippen LogP contribution in [0.4, 0.5) is 0 Å². The lowest BCUT2D eigenvalue weighted by Crippen LogP contribution is -2.08.